The molecule has 0 radical (unpaired) electrons. The van der Waals surface area contributed by atoms with Crippen molar-refractivity contribution in [2.45, 2.75) is 41.5 Å². The largest absolute Gasteiger partial charge is 0.527 e. The molecule has 2 aromatic carbocycles. The summed E-state index contributed by atoms with van der Waals surface area (Å²) >= 11 is 0. The lowest BCUT2D eigenvalue weighted by atomic mass is 9.85. The average Bonchev–Trinajstić information content (AvgIpc) is 2.63. The van der Waals surface area contributed by atoms with Gasteiger partial charge in [0.2, 0.25) is 0 Å². The number of nitrogens with zero attached hydrogens (tertiary/aromatic N) is 4. The van der Waals surface area contributed by atoms with E-state index in [0.29, 0.717) is 10.4 Å². The minimum Gasteiger partial charge on any atom is -0.192 e. The fourth-order valence-electron chi connectivity index (χ4n) is 3.86. The van der Waals surface area contributed by atoms with Gasteiger partial charge in [-0.3, -0.25) is 0 Å². The van der Waals surface area contributed by atoms with Crippen LogP contribution in [0.25, 0.3) is 31.9 Å². The first-order chi connectivity index (χ1) is 12.3. The van der Waals surface area contributed by atoms with Gasteiger partial charge in [-0.25, -0.2) is 0 Å². The van der Waals surface area contributed by atoms with E-state index < -0.39 is 0 Å². The third kappa shape index (κ3) is 2.41. The van der Waals surface area contributed by atoms with Gasteiger partial charge in [0.05, 0.1) is 5.22 Å². The van der Waals surface area contributed by atoms with E-state index in [-0.39, 0.29) is 11.4 Å². The molecule has 126 valence electrons. The van der Waals surface area contributed by atoms with Crippen molar-refractivity contribution in [2.75, 3.05) is 0 Å². The van der Waals surface area contributed by atoms with E-state index >= 15 is 0 Å². The Labute approximate surface area is 153 Å². The van der Waals surface area contributed by atoms with E-state index in [4.69, 9.17) is 13.1 Å². The smallest absolute Gasteiger partial charge is 0.192 e. The van der Waals surface area contributed by atoms with Gasteiger partial charge in [0.15, 0.2) is 0 Å². The Bertz CT molecular complexity index is 1130. The van der Waals surface area contributed by atoms with Crippen molar-refractivity contribution in [1.29, 1.82) is 10.5 Å². The van der Waals surface area contributed by atoms with Crippen molar-refractivity contribution < 1.29 is 0 Å². The summed E-state index contributed by atoms with van der Waals surface area (Å²) in [4.78, 5) is 6.83. The molecule has 0 saturated heterocycles. The summed E-state index contributed by atoms with van der Waals surface area (Å²) < 4.78 is 0. The quantitative estimate of drug-likeness (QED) is 0.686. The molecule has 0 aliphatic heterocycles. The van der Waals surface area contributed by atoms with Crippen LogP contribution < -0.4 is 10.4 Å². The standard InChI is InChI=1S/C22H18N4/c1-11-12(2)20-16(6)21(22(25-7)26-8)14(4)13(3)19(20)15(5)18(11)17(9-23)10-24/h1-6H3. The van der Waals surface area contributed by atoms with Gasteiger partial charge in [0.1, 0.15) is 30.9 Å². The first-order valence-corrected chi connectivity index (χ1v) is 8.09. The van der Waals surface area contributed by atoms with Gasteiger partial charge >= 0.3 is 5.82 Å². The van der Waals surface area contributed by atoms with Crippen molar-refractivity contribution in [3.63, 3.8) is 0 Å². The number of nitriles is 2. The molecule has 0 bridgehead atoms. The van der Waals surface area contributed by atoms with Crippen LogP contribution in [0.2, 0.25) is 0 Å². The minimum atomic E-state index is 0.0742. The molecule has 0 N–H and O–H groups in total. The molecule has 0 aromatic heterocycles. The Balaban J connectivity index is 3.48. The van der Waals surface area contributed by atoms with Crippen LogP contribution in [0.3, 0.4) is 0 Å². The van der Waals surface area contributed by atoms with Crippen molar-refractivity contribution in [3.8, 4) is 12.1 Å². The molecule has 26 heavy (non-hydrogen) atoms. The zero-order chi connectivity index (χ0) is 19.8. The highest BCUT2D eigenvalue weighted by molar-refractivity contribution is 5.97. The average molecular weight is 338 g/mol. The Morgan fingerprint density at radius 2 is 1.04 bits per heavy atom. The van der Waals surface area contributed by atoms with Crippen LogP contribution in [0.1, 0.15) is 33.4 Å². The monoisotopic (exact) mass is 338 g/mol. The first-order valence-electron chi connectivity index (χ1n) is 8.09. The molecule has 0 fully saturated rings. The zero-order valence-electron chi connectivity index (χ0n) is 15.8. The summed E-state index contributed by atoms with van der Waals surface area (Å²) in [6.45, 7) is 26.3. The van der Waals surface area contributed by atoms with Gasteiger partial charge in [-0.2, -0.15) is 20.2 Å². The Kier molecular flexibility index (Phi) is 4.84. The normalized spacial score (nSPS) is 9.77. The Morgan fingerprint density at radius 1 is 0.654 bits per heavy atom. The van der Waals surface area contributed by atoms with E-state index in [1.54, 1.807) is 0 Å². The number of benzene rings is 2. The third-order valence-electron chi connectivity index (χ3n) is 5.28. The molecular formula is C22H18N4. The number of hydrogen-bond acceptors (Lipinski definition) is 2. The molecule has 0 spiro atoms. The highest BCUT2D eigenvalue weighted by Crippen LogP contribution is 2.29. The van der Waals surface area contributed by atoms with Gasteiger partial charge in [-0.05, 0) is 85.7 Å². The van der Waals surface area contributed by atoms with E-state index in [0.717, 1.165) is 44.2 Å². The maximum atomic E-state index is 9.37. The second-order valence-electron chi connectivity index (χ2n) is 6.40. The van der Waals surface area contributed by atoms with Crippen LogP contribution in [0.4, 0.5) is 0 Å². The van der Waals surface area contributed by atoms with Crippen LogP contribution in [-0.4, -0.2) is 0 Å². The number of aryl methyl sites for hydroxylation is 4. The van der Waals surface area contributed by atoms with Gasteiger partial charge in [-0.15, -0.1) is 0 Å². The van der Waals surface area contributed by atoms with Crippen LogP contribution >= 0.6 is 0 Å². The van der Waals surface area contributed by atoms with Gasteiger partial charge in [0.25, 0.3) is 0 Å². The van der Waals surface area contributed by atoms with Gasteiger partial charge in [0, 0.05) is 5.22 Å². The second kappa shape index (κ2) is 6.72. The molecule has 4 heteroatoms. The number of hydrogen-bond donors (Lipinski definition) is 0. The molecule has 0 aliphatic carbocycles. The summed E-state index contributed by atoms with van der Waals surface area (Å²) in [6.07, 6.45) is 0. The highest BCUT2D eigenvalue weighted by Gasteiger charge is 2.20. The number of fused-ring (bicyclic) bond motifs is 1. The van der Waals surface area contributed by atoms with Gasteiger partial charge < -0.3 is 0 Å². The lowest BCUT2D eigenvalue weighted by Crippen LogP contribution is -2.21. The topological polar surface area (TPSA) is 56.3 Å². The summed E-state index contributed by atoms with van der Waals surface area (Å²) in [7, 11) is 0. The minimum absolute atomic E-state index is 0.0742. The van der Waals surface area contributed by atoms with Crippen molar-refractivity contribution in [1.82, 2.24) is 0 Å². The lowest BCUT2D eigenvalue weighted by Gasteiger charge is -2.18. The maximum Gasteiger partial charge on any atom is 0.527 e. The molecule has 0 amide bonds. The maximum absolute atomic E-state index is 9.37. The summed E-state index contributed by atoms with van der Waals surface area (Å²) in [6, 6.07) is 4.02. The first kappa shape index (κ1) is 18.7. The van der Waals surface area contributed by atoms with Crippen molar-refractivity contribution in [3.05, 3.63) is 66.7 Å². The third-order valence-corrected chi connectivity index (χ3v) is 5.28. The summed E-state index contributed by atoms with van der Waals surface area (Å²) in [5.74, 6) is 0.0742. The molecule has 2 rings (SSSR count). The van der Waals surface area contributed by atoms with Crippen molar-refractivity contribution in [2.24, 2.45) is 0 Å². The Hall–Kier alpha value is -3.60. The number of rotatable bonds is 0. The van der Waals surface area contributed by atoms with E-state index in [2.05, 4.69) is 9.69 Å². The van der Waals surface area contributed by atoms with Crippen LogP contribution in [0.15, 0.2) is 0 Å². The predicted octanol–water partition coefficient (Wildman–Crippen LogP) is 3.79. The van der Waals surface area contributed by atoms with E-state index in [1.165, 1.54) is 0 Å². The lowest BCUT2D eigenvalue weighted by molar-refractivity contribution is 1.23. The molecular weight excluding hydrogens is 320 g/mol. The van der Waals surface area contributed by atoms with Crippen LogP contribution in [0, 0.1) is 77.3 Å². The highest BCUT2D eigenvalue weighted by atomic mass is 14.9. The molecule has 2 aromatic rings. The van der Waals surface area contributed by atoms with E-state index in [1.807, 2.05) is 53.7 Å². The van der Waals surface area contributed by atoms with Crippen LogP contribution in [-0.2, 0) is 0 Å². The molecule has 0 unspecified atom stereocenters. The molecule has 0 saturated carbocycles. The SMILES string of the molecule is [C-]#[N+]C([N+]#[C-])=c1c(C)c(C)c2c(C)c(=C(C#N)C#N)c(C)c(C)c2c1C. The fraction of sp³-hybridized carbons (Fsp3) is 0.273. The zero-order valence-corrected chi connectivity index (χ0v) is 15.8. The molecule has 0 atom stereocenters. The van der Waals surface area contributed by atoms with Crippen LogP contribution in [0.5, 0.6) is 0 Å². The summed E-state index contributed by atoms with van der Waals surface area (Å²) in [5, 5.41) is 22.1. The second-order valence-corrected chi connectivity index (χ2v) is 6.40. The fourth-order valence-corrected chi connectivity index (χ4v) is 3.86. The molecule has 0 heterocycles. The molecule has 4 nitrogen and oxygen atoms in total. The predicted molar refractivity (Wildman–Crippen MR) is 103 cm³/mol. The van der Waals surface area contributed by atoms with Gasteiger partial charge in [-0.1, -0.05) is 0 Å². The van der Waals surface area contributed by atoms with Crippen molar-refractivity contribution >= 4 is 22.2 Å². The van der Waals surface area contributed by atoms with E-state index in [9.17, 15) is 10.5 Å². The Morgan fingerprint density at radius 3 is 1.42 bits per heavy atom. The molecule has 0 aliphatic rings. The summed E-state index contributed by atoms with van der Waals surface area (Å²) in [5.41, 5.74) is 5.63.